The van der Waals surface area contributed by atoms with Gasteiger partial charge in [-0.15, -0.1) is 0 Å². The van der Waals surface area contributed by atoms with Crippen molar-refractivity contribution in [1.82, 2.24) is 15.2 Å². The molecule has 29 heavy (non-hydrogen) atoms. The minimum absolute atomic E-state index is 0.00911. The standard InChI is InChI=1S/C22H21FN4O2/c23-17-3-7-20(8-4-17)29-19-5-1-16(2-6-19)21-15-18(9-10-25-21)24-11-13-27-14-12-26-22(27)28/h1-10,15H,11-14H2,(H,24,25)(H,26,28). The molecule has 1 aliphatic rings. The molecule has 2 N–H and O–H groups in total. The first-order chi connectivity index (χ1) is 14.2. The number of carbonyl (C=O) groups excluding carboxylic acids is 1. The average Bonchev–Trinajstić information content (AvgIpc) is 3.15. The number of halogens is 1. The lowest BCUT2D eigenvalue weighted by molar-refractivity contribution is 0.219. The molecular weight excluding hydrogens is 371 g/mol. The van der Waals surface area contributed by atoms with Crippen molar-refractivity contribution in [3.8, 4) is 22.8 Å². The van der Waals surface area contributed by atoms with Gasteiger partial charge in [0.25, 0.3) is 0 Å². The van der Waals surface area contributed by atoms with Gasteiger partial charge in [0.2, 0.25) is 0 Å². The summed E-state index contributed by atoms with van der Waals surface area (Å²) in [6, 6.07) is 17.3. The van der Waals surface area contributed by atoms with E-state index in [4.69, 9.17) is 4.74 Å². The molecule has 1 fully saturated rings. The lowest BCUT2D eigenvalue weighted by Gasteiger charge is -2.15. The molecule has 7 heteroatoms. The summed E-state index contributed by atoms with van der Waals surface area (Å²) >= 11 is 0. The molecule has 3 aromatic rings. The van der Waals surface area contributed by atoms with E-state index in [0.29, 0.717) is 31.1 Å². The first kappa shape index (κ1) is 18.7. The molecule has 4 rings (SSSR count). The minimum Gasteiger partial charge on any atom is -0.457 e. The van der Waals surface area contributed by atoms with Crippen LogP contribution in [0, 0.1) is 5.82 Å². The highest BCUT2D eigenvalue weighted by atomic mass is 19.1. The van der Waals surface area contributed by atoms with Gasteiger partial charge in [-0.05, 0) is 60.7 Å². The van der Waals surface area contributed by atoms with Gasteiger partial charge in [-0.3, -0.25) is 4.98 Å². The van der Waals surface area contributed by atoms with Crippen LogP contribution in [0.1, 0.15) is 0 Å². The summed E-state index contributed by atoms with van der Waals surface area (Å²) in [5.74, 6) is 0.949. The number of urea groups is 1. The summed E-state index contributed by atoms with van der Waals surface area (Å²) in [6.45, 7) is 2.77. The molecule has 0 bridgehead atoms. The number of rotatable bonds is 7. The summed E-state index contributed by atoms with van der Waals surface area (Å²) in [5.41, 5.74) is 2.74. The third-order valence-corrected chi connectivity index (χ3v) is 4.62. The van der Waals surface area contributed by atoms with Crippen LogP contribution in [-0.4, -0.2) is 42.1 Å². The largest absolute Gasteiger partial charge is 0.457 e. The first-order valence-electron chi connectivity index (χ1n) is 9.44. The molecule has 0 aliphatic carbocycles. The Hall–Kier alpha value is -3.61. The van der Waals surface area contributed by atoms with Crippen molar-refractivity contribution in [2.75, 3.05) is 31.5 Å². The van der Waals surface area contributed by atoms with Gasteiger partial charge >= 0.3 is 6.03 Å². The quantitative estimate of drug-likeness (QED) is 0.635. The predicted octanol–water partition coefficient (Wildman–Crippen LogP) is 4.12. The number of carbonyl (C=O) groups is 1. The molecule has 0 radical (unpaired) electrons. The third-order valence-electron chi connectivity index (χ3n) is 4.62. The van der Waals surface area contributed by atoms with Crippen LogP contribution in [0.15, 0.2) is 66.9 Å². The van der Waals surface area contributed by atoms with E-state index in [-0.39, 0.29) is 11.8 Å². The smallest absolute Gasteiger partial charge is 0.317 e. The molecule has 1 aromatic heterocycles. The Balaban J connectivity index is 1.37. The van der Waals surface area contributed by atoms with Crippen molar-refractivity contribution in [3.63, 3.8) is 0 Å². The van der Waals surface area contributed by atoms with Crippen LogP contribution in [0.3, 0.4) is 0 Å². The fourth-order valence-electron chi connectivity index (χ4n) is 3.09. The fourth-order valence-corrected chi connectivity index (χ4v) is 3.09. The number of ether oxygens (including phenoxy) is 1. The molecular formula is C22H21FN4O2. The molecule has 1 saturated heterocycles. The molecule has 2 aromatic carbocycles. The van der Waals surface area contributed by atoms with E-state index in [9.17, 15) is 9.18 Å². The number of benzene rings is 2. The van der Waals surface area contributed by atoms with E-state index >= 15 is 0 Å². The Morgan fingerprint density at radius 2 is 1.79 bits per heavy atom. The Morgan fingerprint density at radius 1 is 1.07 bits per heavy atom. The number of aromatic nitrogens is 1. The van der Waals surface area contributed by atoms with Gasteiger partial charge in [0.15, 0.2) is 0 Å². The molecule has 6 nitrogen and oxygen atoms in total. The van der Waals surface area contributed by atoms with Crippen molar-refractivity contribution in [2.45, 2.75) is 0 Å². The number of nitrogens with one attached hydrogen (secondary N) is 2. The second kappa shape index (κ2) is 8.60. The van der Waals surface area contributed by atoms with E-state index in [0.717, 1.165) is 23.5 Å². The normalized spacial score (nSPS) is 13.3. The van der Waals surface area contributed by atoms with Crippen LogP contribution in [0.4, 0.5) is 14.9 Å². The van der Waals surface area contributed by atoms with E-state index in [2.05, 4.69) is 15.6 Å². The Kier molecular flexibility index (Phi) is 5.56. The fraction of sp³-hybridized carbons (Fsp3) is 0.182. The van der Waals surface area contributed by atoms with Crippen molar-refractivity contribution in [2.24, 2.45) is 0 Å². The number of hydrogen-bond donors (Lipinski definition) is 2. The number of pyridine rings is 1. The lowest BCUT2D eigenvalue weighted by atomic mass is 10.1. The number of anilines is 1. The maximum Gasteiger partial charge on any atom is 0.317 e. The SMILES string of the molecule is O=C1NCCN1CCNc1ccnc(-c2ccc(Oc3ccc(F)cc3)cc2)c1. The second-order valence-electron chi connectivity index (χ2n) is 6.66. The third kappa shape index (κ3) is 4.82. The van der Waals surface area contributed by atoms with Gasteiger partial charge in [0, 0.05) is 43.6 Å². The van der Waals surface area contributed by atoms with Gasteiger partial charge in [0.05, 0.1) is 5.69 Å². The van der Waals surface area contributed by atoms with Crippen molar-refractivity contribution < 1.29 is 13.9 Å². The Morgan fingerprint density at radius 3 is 2.48 bits per heavy atom. The topological polar surface area (TPSA) is 66.5 Å². The van der Waals surface area contributed by atoms with Crippen LogP contribution < -0.4 is 15.4 Å². The number of amides is 2. The average molecular weight is 392 g/mol. The zero-order chi connectivity index (χ0) is 20.1. The predicted molar refractivity (Wildman–Crippen MR) is 110 cm³/mol. The van der Waals surface area contributed by atoms with E-state index in [1.807, 2.05) is 36.4 Å². The van der Waals surface area contributed by atoms with Crippen LogP contribution in [0.25, 0.3) is 11.3 Å². The van der Waals surface area contributed by atoms with Gasteiger partial charge in [-0.2, -0.15) is 0 Å². The molecule has 148 valence electrons. The van der Waals surface area contributed by atoms with Gasteiger partial charge < -0.3 is 20.3 Å². The van der Waals surface area contributed by atoms with Crippen LogP contribution in [0.2, 0.25) is 0 Å². The van der Waals surface area contributed by atoms with E-state index in [1.165, 1.54) is 12.1 Å². The molecule has 0 saturated carbocycles. The summed E-state index contributed by atoms with van der Waals surface area (Å²) in [6.07, 6.45) is 1.75. The summed E-state index contributed by atoms with van der Waals surface area (Å²) < 4.78 is 18.7. The molecule has 2 amide bonds. The van der Waals surface area contributed by atoms with Crippen LogP contribution >= 0.6 is 0 Å². The van der Waals surface area contributed by atoms with Gasteiger partial charge in [-0.25, -0.2) is 9.18 Å². The van der Waals surface area contributed by atoms with Crippen molar-refractivity contribution in [3.05, 3.63) is 72.7 Å². The zero-order valence-electron chi connectivity index (χ0n) is 15.8. The first-order valence-corrected chi connectivity index (χ1v) is 9.44. The maximum atomic E-state index is 13.0. The van der Waals surface area contributed by atoms with Crippen LogP contribution in [-0.2, 0) is 0 Å². The molecule has 1 aliphatic heterocycles. The molecule has 0 spiro atoms. The van der Waals surface area contributed by atoms with Gasteiger partial charge in [-0.1, -0.05) is 0 Å². The number of nitrogens with zero attached hydrogens (tertiary/aromatic N) is 2. The Labute approximate surface area is 168 Å². The lowest BCUT2D eigenvalue weighted by Crippen LogP contribution is -2.32. The van der Waals surface area contributed by atoms with Gasteiger partial charge in [0.1, 0.15) is 17.3 Å². The maximum absolute atomic E-state index is 13.0. The van der Waals surface area contributed by atoms with E-state index in [1.54, 1.807) is 23.2 Å². The summed E-state index contributed by atoms with van der Waals surface area (Å²) in [7, 11) is 0. The highest BCUT2D eigenvalue weighted by Gasteiger charge is 2.18. The second-order valence-corrected chi connectivity index (χ2v) is 6.66. The highest BCUT2D eigenvalue weighted by Crippen LogP contribution is 2.26. The van der Waals surface area contributed by atoms with Crippen LogP contribution in [0.5, 0.6) is 11.5 Å². The Bertz CT molecular complexity index is 977. The van der Waals surface area contributed by atoms with E-state index < -0.39 is 0 Å². The minimum atomic E-state index is -0.295. The number of hydrogen-bond acceptors (Lipinski definition) is 4. The highest BCUT2D eigenvalue weighted by molar-refractivity contribution is 5.76. The van der Waals surface area contributed by atoms with Crippen molar-refractivity contribution >= 4 is 11.7 Å². The summed E-state index contributed by atoms with van der Waals surface area (Å²) in [4.78, 5) is 17.8. The van der Waals surface area contributed by atoms with Crippen molar-refractivity contribution in [1.29, 1.82) is 0 Å². The molecule has 0 atom stereocenters. The molecule has 2 heterocycles. The molecule has 0 unspecified atom stereocenters. The summed E-state index contributed by atoms with van der Waals surface area (Å²) in [5, 5.41) is 6.13. The monoisotopic (exact) mass is 392 g/mol. The zero-order valence-corrected chi connectivity index (χ0v) is 15.8.